The van der Waals surface area contributed by atoms with Crippen LogP contribution in [0.15, 0.2) is 49.3 Å². The molecule has 3 aliphatic rings. The summed E-state index contributed by atoms with van der Waals surface area (Å²) in [5.74, 6) is 0.0390. The van der Waals surface area contributed by atoms with E-state index < -0.39 is 33.1 Å². The molecular weight excluding hydrogens is 623 g/mol. The average molecular weight is 660 g/mol. The lowest BCUT2D eigenvalue weighted by Gasteiger charge is -2.48. The van der Waals surface area contributed by atoms with Crippen LogP contribution in [-0.4, -0.2) is 97.4 Å². The molecule has 1 N–H and O–H groups in total. The van der Waals surface area contributed by atoms with Crippen LogP contribution in [0.3, 0.4) is 0 Å². The smallest absolute Gasteiger partial charge is 0.381 e. The number of piperidine rings is 1. The molecular formula is C31H36F3N7O4S. The van der Waals surface area contributed by atoms with Gasteiger partial charge in [-0.2, -0.15) is 18.2 Å². The summed E-state index contributed by atoms with van der Waals surface area (Å²) in [6, 6.07) is 7.12. The highest BCUT2D eigenvalue weighted by Gasteiger charge is 2.50. The van der Waals surface area contributed by atoms with E-state index >= 15 is 0 Å². The Morgan fingerprint density at radius 2 is 1.85 bits per heavy atom. The van der Waals surface area contributed by atoms with Crippen molar-refractivity contribution in [3.8, 4) is 0 Å². The zero-order valence-electron chi connectivity index (χ0n) is 25.6. The number of likely N-dealkylation sites (tertiary alicyclic amines) is 1. The summed E-state index contributed by atoms with van der Waals surface area (Å²) in [5, 5.41) is 4.95. The number of fused-ring (bicyclic) bond motifs is 1. The molecule has 0 aliphatic carbocycles. The van der Waals surface area contributed by atoms with Crippen LogP contribution in [0.5, 0.6) is 0 Å². The van der Waals surface area contributed by atoms with Gasteiger partial charge in [0.05, 0.1) is 11.9 Å². The standard InChI is InChI=1S/C31H36F3N7O4S/c1-4-29(42)40-15-20(16-40)23-5-6-26(41-17-21(19(41)2)18-46(43,44)31(32,33)34)25-14-36-28(13-24(23)25)37-27-7-10-35-30(38-27)39-11-8-22(45-3)9-12-39/h4-7,10,13-14,19-22H,1,8-9,11-12,15-18H2,2-3H3,(H,35,36,37,38)/t19-,21-/m1/s1. The number of hydrogen-bond donors (Lipinski definition) is 1. The number of carbonyl (C=O) groups excluding carboxylic acids is 1. The largest absolute Gasteiger partial charge is 0.497 e. The Kier molecular flexibility index (Phi) is 8.57. The number of hydrogen-bond acceptors (Lipinski definition) is 10. The van der Waals surface area contributed by atoms with E-state index in [1.165, 1.54) is 6.08 Å². The van der Waals surface area contributed by atoms with Crippen LogP contribution in [0.4, 0.5) is 36.4 Å². The predicted molar refractivity (Wildman–Crippen MR) is 169 cm³/mol. The van der Waals surface area contributed by atoms with Gasteiger partial charge in [0.15, 0.2) is 0 Å². The topological polar surface area (TPSA) is 121 Å². The van der Waals surface area contributed by atoms with Gasteiger partial charge in [-0.15, -0.1) is 0 Å². The van der Waals surface area contributed by atoms with E-state index in [-0.39, 0.29) is 24.5 Å². The molecule has 246 valence electrons. The van der Waals surface area contributed by atoms with E-state index in [2.05, 4.69) is 26.8 Å². The number of alkyl halides is 3. The molecule has 3 fully saturated rings. The predicted octanol–water partition coefficient (Wildman–Crippen LogP) is 4.25. The van der Waals surface area contributed by atoms with Crippen LogP contribution >= 0.6 is 0 Å². The summed E-state index contributed by atoms with van der Waals surface area (Å²) in [7, 11) is -3.50. The molecule has 0 radical (unpaired) electrons. The van der Waals surface area contributed by atoms with Crippen molar-refractivity contribution in [3.63, 3.8) is 0 Å². The summed E-state index contributed by atoms with van der Waals surface area (Å²) >= 11 is 0. The molecule has 0 bridgehead atoms. The molecule has 5 heterocycles. The van der Waals surface area contributed by atoms with Crippen molar-refractivity contribution in [1.29, 1.82) is 0 Å². The number of halogens is 3. The first-order valence-corrected chi connectivity index (χ1v) is 16.8. The number of anilines is 4. The quantitative estimate of drug-likeness (QED) is 0.334. The fourth-order valence-corrected chi connectivity index (χ4v) is 7.61. The van der Waals surface area contributed by atoms with Crippen molar-refractivity contribution < 1.29 is 31.1 Å². The number of rotatable bonds is 9. The number of nitrogens with one attached hydrogen (secondary N) is 1. The van der Waals surface area contributed by atoms with Crippen molar-refractivity contribution in [2.75, 3.05) is 60.7 Å². The van der Waals surface area contributed by atoms with Gasteiger partial charge in [0.25, 0.3) is 0 Å². The summed E-state index contributed by atoms with van der Waals surface area (Å²) in [4.78, 5) is 31.7. The number of pyridine rings is 1. The van der Waals surface area contributed by atoms with Crippen molar-refractivity contribution in [1.82, 2.24) is 19.9 Å². The van der Waals surface area contributed by atoms with Gasteiger partial charge in [0.2, 0.25) is 21.7 Å². The molecule has 0 spiro atoms. The summed E-state index contributed by atoms with van der Waals surface area (Å²) in [6.07, 6.45) is 6.71. The molecule has 46 heavy (non-hydrogen) atoms. The van der Waals surface area contributed by atoms with Gasteiger partial charge >= 0.3 is 5.51 Å². The second kappa shape index (κ2) is 12.3. The number of benzene rings is 1. The van der Waals surface area contributed by atoms with Crippen LogP contribution < -0.4 is 15.1 Å². The molecule has 2 atom stereocenters. The van der Waals surface area contributed by atoms with E-state index in [1.54, 1.807) is 37.4 Å². The van der Waals surface area contributed by atoms with Crippen LogP contribution in [0.1, 0.15) is 31.2 Å². The minimum Gasteiger partial charge on any atom is -0.381 e. The SMILES string of the molecule is C=CC(=O)N1CC(c2ccc(N3C[C@H](CS(=O)(=O)C(F)(F)F)[C@H]3C)c3cnc(Nc4ccnc(N5CCC(OC)CC5)n4)cc23)C1. The number of amides is 1. The third-order valence-electron chi connectivity index (χ3n) is 9.38. The number of ether oxygens (including phenoxy) is 1. The Bertz CT molecular complexity index is 1740. The second-order valence-electron chi connectivity index (χ2n) is 12.1. The first-order chi connectivity index (χ1) is 21.9. The number of carbonyl (C=O) groups is 1. The van der Waals surface area contributed by atoms with E-state index in [0.29, 0.717) is 30.7 Å². The average Bonchev–Trinajstić information content (AvgIpc) is 3.01. The second-order valence-corrected chi connectivity index (χ2v) is 14.1. The number of methoxy groups -OCH3 is 1. The minimum absolute atomic E-state index is 0.0647. The molecule has 15 heteroatoms. The van der Waals surface area contributed by atoms with Crippen molar-refractivity contribution >= 4 is 49.8 Å². The fraction of sp³-hybridized carbons (Fsp3) is 0.484. The first-order valence-electron chi connectivity index (χ1n) is 15.2. The molecule has 3 aliphatic heterocycles. The molecule has 11 nitrogen and oxygen atoms in total. The Hall–Kier alpha value is -3.98. The maximum atomic E-state index is 13.0. The molecule has 6 rings (SSSR count). The zero-order valence-corrected chi connectivity index (χ0v) is 26.4. The van der Waals surface area contributed by atoms with Gasteiger partial charge in [-0.05, 0) is 55.0 Å². The maximum absolute atomic E-state index is 13.0. The monoisotopic (exact) mass is 659 g/mol. The summed E-state index contributed by atoms with van der Waals surface area (Å²) in [5.41, 5.74) is -3.51. The van der Waals surface area contributed by atoms with Crippen molar-refractivity contribution in [3.05, 3.63) is 54.9 Å². The molecule has 0 unspecified atom stereocenters. The lowest BCUT2D eigenvalue weighted by molar-refractivity contribution is -0.130. The Balaban J connectivity index is 1.27. The third-order valence-corrected chi connectivity index (χ3v) is 10.9. The molecule has 1 aromatic carbocycles. The highest BCUT2D eigenvalue weighted by Crippen LogP contribution is 2.42. The number of sulfone groups is 1. The van der Waals surface area contributed by atoms with Crippen LogP contribution in [0.2, 0.25) is 0 Å². The Labute approximate surface area is 265 Å². The van der Waals surface area contributed by atoms with Gasteiger partial charge in [-0.3, -0.25) is 4.79 Å². The van der Waals surface area contributed by atoms with Crippen LogP contribution in [-0.2, 0) is 19.4 Å². The van der Waals surface area contributed by atoms with Gasteiger partial charge in [-0.1, -0.05) is 12.6 Å². The van der Waals surface area contributed by atoms with E-state index in [9.17, 15) is 26.4 Å². The fourth-order valence-electron chi connectivity index (χ4n) is 6.47. The van der Waals surface area contributed by atoms with E-state index in [1.807, 2.05) is 23.1 Å². The van der Waals surface area contributed by atoms with Gasteiger partial charge in [0, 0.05) is 81.2 Å². The lowest BCUT2D eigenvalue weighted by Crippen LogP contribution is -2.58. The van der Waals surface area contributed by atoms with Crippen molar-refractivity contribution in [2.45, 2.75) is 43.3 Å². The van der Waals surface area contributed by atoms with Crippen LogP contribution in [0, 0.1) is 5.92 Å². The highest BCUT2D eigenvalue weighted by atomic mass is 32.2. The van der Waals surface area contributed by atoms with Crippen LogP contribution in [0.25, 0.3) is 10.8 Å². The normalized spacial score (nSPS) is 21.2. The number of aromatic nitrogens is 3. The Morgan fingerprint density at radius 1 is 1.11 bits per heavy atom. The first kappa shape index (κ1) is 32.0. The molecule has 1 amide bonds. The number of nitrogens with zero attached hydrogens (tertiary/aromatic N) is 6. The van der Waals surface area contributed by atoms with E-state index in [4.69, 9.17) is 9.72 Å². The van der Waals surface area contributed by atoms with Gasteiger partial charge in [-0.25, -0.2) is 18.4 Å². The maximum Gasteiger partial charge on any atom is 0.497 e. The molecule has 3 aromatic rings. The van der Waals surface area contributed by atoms with E-state index in [0.717, 1.165) is 48.0 Å². The van der Waals surface area contributed by atoms with Gasteiger partial charge < -0.3 is 24.8 Å². The lowest BCUT2D eigenvalue weighted by atomic mass is 9.85. The minimum atomic E-state index is -5.27. The van der Waals surface area contributed by atoms with Crippen molar-refractivity contribution in [2.24, 2.45) is 5.92 Å². The zero-order chi connectivity index (χ0) is 32.8. The summed E-state index contributed by atoms with van der Waals surface area (Å²) in [6.45, 7) is 8.09. The highest BCUT2D eigenvalue weighted by molar-refractivity contribution is 7.92. The molecule has 0 saturated carbocycles. The summed E-state index contributed by atoms with van der Waals surface area (Å²) < 4.78 is 68.3. The molecule has 3 saturated heterocycles. The molecule has 2 aromatic heterocycles. The van der Waals surface area contributed by atoms with Gasteiger partial charge in [0.1, 0.15) is 11.6 Å². The Morgan fingerprint density at radius 3 is 2.50 bits per heavy atom. The third kappa shape index (κ3) is 6.09.